The van der Waals surface area contributed by atoms with Gasteiger partial charge in [0.25, 0.3) is 0 Å². The van der Waals surface area contributed by atoms with E-state index in [1.54, 1.807) is 30.3 Å². The summed E-state index contributed by atoms with van der Waals surface area (Å²) in [6.45, 7) is 0.182. The van der Waals surface area contributed by atoms with E-state index in [1.807, 2.05) is 0 Å². The SMILES string of the molecule is COc1ccc(/C=C/C(=O)O)cc1COc1cccc(F)c1. The van der Waals surface area contributed by atoms with Crippen molar-refractivity contribution in [3.8, 4) is 11.5 Å². The fraction of sp³-hybridized carbons (Fsp3) is 0.118. The van der Waals surface area contributed by atoms with Gasteiger partial charge in [-0.3, -0.25) is 0 Å². The summed E-state index contributed by atoms with van der Waals surface area (Å²) < 4.78 is 23.9. The van der Waals surface area contributed by atoms with Gasteiger partial charge in [-0.1, -0.05) is 12.1 Å². The minimum absolute atomic E-state index is 0.182. The van der Waals surface area contributed by atoms with E-state index in [4.69, 9.17) is 14.6 Å². The molecular weight excluding hydrogens is 287 g/mol. The van der Waals surface area contributed by atoms with Crippen molar-refractivity contribution >= 4 is 12.0 Å². The molecule has 5 heteroatoms. The van der Waals surface area contributed by atoms with Gasteiger partial charge in [0.05, 0.1) is 7.11 Å². The van der Waals surface area contributed by atoms with E-state index in [2.05, 4.69) is 0 Å². The number of ether oxygens (including phenoxy) is 2. The Morgan fingerprint density at radius 3 is 2.77 bits per heavy atom. The van der Waals surface area contributed by atoms with E-state index in [0.29, 0.717) is 17.1 Å². The second kappa shape index (κ2) is 7.26. The molecule has 4 nitrogen and oxygen atoms in total. The van der Waals surface area contributed by atoms with Crippen LogP contribution in [-0.2, 0) is 11.4 Å². The van der Waals surface area contributed by atoms with Crippen LogP contribution in [-0.4, -0.2) is 18.2 Å². The highest BCUT2D eigenvalue weighted by Crippen LogP contribution is 2.23. The monoisotopic (exact) mass is 302 g/mol. The predicted octanol–water partition coefficient (Wildman–Crippen LogP) is 3.51. The van der Waals surface area contributed by atoms with Crippen LogP contribution in [0.2, 0.25) is 0 Å². The Morgan fingerprint density at radius 1 is 1.27 bits per heavy atom. The number of carboxylic acid groups (broad SMARTS) is 1. The molecule has 2 aromatic carbocycles. The highest BCUT2D eigenvalue weighted by Gasteiger charge is 2.05. The summed E-state index contributed by atoms with van der Waals surface area (Å²) >= 11 is 0. The number of carboxylic acids is 1. The Kier molecular flexibility index (Phi) is 5.14. The van der Waals surface area contributed by atoms with Gasteiger partial charge in [-0.15, -0.1) is 0 Å². The van der Waals surface area contributed by atoms with Crippen molar-refractivity contribution in [3.05, 3.63) is 65.5 Å². The molecule has 22 heavy (non-hydrogen) atoms. The van der Waals surface area contributed by atoms with Crippen molar-refractivity contribution in [2.24, 2.45) is 0 Å². The molecule has 0 bridgehead atoms. The average molecular weight is 302 g/mol. The Bertz CT molecular complexity index is 695. The van der Waals surface area contributed by atoms with Gasteiger partial charge in [-0.05, 0) is 35.9 Å². The number of halogens is 1. The zero-order chi connectivity index (χ0) is 15.9. The molecule has 0 aromatic heterocycles. The molecule has 0 radical (unpaired) electrons. The number of hydrogen-bond donors (Lipinski definition) is 1. The molecule has 0 heterocycles. The third-order valence-corrected chi connectivity index (χ3v) is 2.91. The van der Waals surface area contributed by atoms with Crippen LogP contribution in [0.3, 0.4) is 0 Å². The molecule has 0 unspecified atom stereocenters. The molecule has 0 saturated heterocycles. The molecule has 0 aliphatic rings. The minimum Gasteiger partial charge on any atom is -0.496 e. The fourth-order valence-electron chi connectivity index (χ4n) is 1.90. The van der Waals surface area contributed by atoms with Crippen molar-refractivity contribution in [1.29, 1.82) is 0 Å². The quantitative estimate of drug-likeness (QED) is 0.830. The molecule has 0 saturated carbocycles. The summed E-state index contributed by atoms with van der Waals surface area (Å²) in [5.41, 5.74) is 1.44. The largest absolute Gasteiger partial charge is 0.496 e. The number of rotatable bonds is 6. The lowest BCUT2D eigenvalue weighted by atomic mass is 10.1. The number of methoxy groups -OCH3 is 1. The zero-order valence-electron chi connectivity index (χ0n) is 12.0. The maximum Gasteiger partial charge on any atom is 0.328 e. The Hall–Kier alpha value is -2.82. The van der Waals surface area contributed by atoms with Crippen LogP contribution < -0.4 is 9.47 Å². The molecule has 0 aliphatic heterocycles. The molecule has 0 atom stereocenters. The lowest BCUT2D eigenvalue weighted by Crippen LogP contribution is -1.99. The van der Waals surface area contributed by atoms with Crippen LogP contribution in [0.1, 0.15) is 11.1 Å². The van der Waals surface area contributed by atoms with Gasteiger partial charge < -0.3 is 14.6 Å². The summed E-state index contributed by atoms with van der Waals surface area (Å²) in [7, 11) is 1.54. The van der Waals surface area contributed by atoms with E-state index in [9.17, 15) is 9.18 Å². The van der Waals surface area contributed by atoms with Crippen LogP contribution in [0.25, 0.3) is 6.08 Å². The van der Waals surface area contributed by atoms with E-state index in [0.717, 1.165) is 11.6 Å². The van der Waals surface area contributed by atoms with Crippen molar-refractivity contribution in [3.63, 3.8) is 0 Å². The molecule has 2 rings (SSSR count). The number of aliphatic carboxylic acids is 1. The standard InChI is InChI=1S/C17H15FO4/c1-21-16-7-5-12(6-8-17(19)20)9-13(16)11-22-15-4-2-3-14(18)10-15/h2-10H,11H2,1H3,(H,19,20)/b8-6+. The van der Waals surface area contributed by atoms with Crippen LogP contribution in [0.5, 0.6) is 11.5 Å². The highest BCUT2D eigenvalue weighted by molar-refractivity contribution is 5.85. The first kappa shape index (κ1) is 15.6. The lowest BCUT2D eigenvalue weighted by molar-refractivity contribution is -0.131. The highest BCUT2D eigenvalue weighted by atomic mass is 19.1. The summed E-state index contributed by atoms with van der Waals surface area (Å²) in [5.74, 6) is -0.367. The molecule has 0 fully saturated rings. The van der Waals surface area contributed by atoms with Crippen LogP contribution in [0.15, 0.2) is 48.5 Å². The van der Waals surface area contributed by atoms with Crippen molar-refractivity contribution < 1.29 is 23.8 Å². The normalized spacial score (nSPS) is 10.6. The molecule has 0 amide bonds. The van der Waals surface area contributed by atoms with E-state index < -0.39 is 5.97 Å². The second-order valence-electron chi connectivity index (χ2n) is 4.49. The van der Waals surface area contributed by atoms with Gasteiger partial charge in [-0.25, -0.2) is 9.18 Å². The van der Waals surface area contributed by atoms with E-state index >= 15 is 0 Å². The Morgan fingerprint density at radius 2 is 2.09 bits per heavy atom. The van der Waals surface area contributed by atoms with Crippen LogP contribution in [0, 0.1) is 5.82 Å². The summed E-state index contributed by atoms with van der Waals surface area (Å²) in [4.78, 5) is 10.6. The molecule has 1 N–H and O–H groups in total. The van der Waals surface area contributed by atoms with Gasteiger partial charge in [0.1, 0.15) is 23.9 Å². The predicted molar refractivity (Wildman–Crippen MR) is 80.4 cm³/mol. The first-order valence-corrected chi connectivity index (χ1v) is 6.55. The smallest absolute Gasteiger partial charge is 0.328 e. The van der Waals surface area contributed by atoms with E-state index in [-0.39, 0.29) is 12.4 Å². The molecule has 114 valence electrons. The van der Waals surface area contributed by atoms with Gasteiger partial charge in [0, 0.05) is 17.7 Å². The Labute approximate surface area is 127 Å². The molecule has 0 spiro atoms. The van der Waals surface area contributed by atoms with Gasteiger partial charge in [0.15, 0.2) is 0 Å². The zero-order valence-corrected chi connectivity index (χ0v) is 12.0. The first-order chi connectivity index (χ1) is 10.6. The minimum atomic E-state index is -1.02. The summed E-state index contributed by atoms with van der Waals surface area (Å²) in [5, 5.41) is 8.65. The van der Waals surface area contributed by atoms with Crippen molar-refractivity contribution in [2.75, 3.05) is 7.11 Å². The van der Waals surface area contributed by atoms with Gasteiger partial charge >= 0.3 is 5.97 Å². The molecule has 2 aromatic rings. The number of benzene rings is 2. The van der Waals surface area contributed by atoms with Crippen molar-refractivity contribution in [2.45, 2.75) is 6.61 Å². The summed E-state index contributed by atoms with van der Waals surface area (Å²) in [6, 6.07) is 11.1. The van der Waals surface area contributed by atoms with Gasteiger partial charge in [-0.2, -0.15) is 0 Å². The lowest BCUT2D eigenvalue weighted by Gasteiger charge is -2.11. The van der Waals surface area contributed by atoms with Crippen molar-refractivity contribution in [1.82, 2.24) is 0 Å². The maximum absolute atomic E-state index is 13.1. The average Bonchev–Trinajstić information content (AvgIpc) is 2.51. The molecular formula is C17H15FO4. The summed E-state index contributed by atoms with van der Waals surface area (Å²) in [6.07, 6.45) is 2.53. The van der Waals surface area contributed by atoms with E-state index in [1.165, 1.54) is 25.3 Å². The van der Waals surface area contributed by atoms with Crippen LogP contribution in [0.4, 0.5) is 4.39 Å². The van der Waals surface area contributed by atoms with Crippen LogP contribution >= 0.6 is 0 Å². The van der Waals surface area contributed by atoms with Gasteiger partial charge in [0.2, 0.25) is 0 Å². The number of hydrogen-bond acceptors (Lipinski definition) is 3. The second-order valence-corrected chi connectivity index (χ2v) is 4.49. The third kappa shape index (κ3) is 4.34. The first-order valence-electron chi connectivity index (χ1n) is 6.55. The third-order valence-electron chi connectivity index (χ3n) is 2.91. The maximum atomic E-state index is 13.1. The number of carbonyl (C=O) groups is 1. The topological polar surface area (TPSA) is 55.8 Å². The Balaban J connectivity index is 2.17. The molecule has 0 aliphatic carbocycles. The fourth-order valence-corrected chi connectivity index (χ4v) is 1.90.